The molecule has 1 aromatic heterocycles. The van der Waals surface area contributed by atoms with Crippen molar-refractivity contribution in [2.75, 3.05) is 15.1 Å². The van der Waals surface area contributed by atoms with Crippen LogP contribution >= 0.6 is 11.3 Å². The first-order valence-corrected chi connectivity index (χ1v) is 24.1. The molecule has 3 heterocycles. The molecular formula is C59H58BN3S. The maximum atomic E-state index is 8.18. The predicted molar refractivity (Wildman–Crippen MR) is 278 cm³/mol. The van der Waals surface area contributed by atoms with E-state index in [-0.39, 0.29) is 28.4 Å². The number of thiophene rings is 1. The predicted octanol–water partition coefficient (Wildman–Crippen LogP) is 14.9. The summed E-state index contributed by atoms with van der Waals surface area (Å²) in [6.07, 6.45) is 4.57. The van der Waals surface area contributed by atoms with Crippen LogP contribution < -0.4 is 31.5 Å². The highest BCUT2D eigenvalue weighted by molar-refractivity contribution is 7.25. The second-order valence-corrected chi connectivity index (χ2v) is 22.9. The Morgan fingerprint density at radius 2 is 1.12 bits per heavy atom. The van der Waals surface area contributed by atoms with Crippen LogP contribution in [0.4, 0.5) is 45.5 Å². The number of rotatable bonds is 4. The number of nitrogens with one attached hydrogen (secondary N) is 1. The Balaban J connectivity index is 1.19. The molecule has 8 aromatic rings. The quantitative estimate of drug-likeness (QED) is 0.178. The van der Waals surface area contributed by atoms with Gasteiger partial charge in [0.1, 0.15) is 0 Å². The number of benzene rings is 7. The summed E-state index contributed by atoms with van der Waals surface area (Å²) in [4.78, 5) is 4.86. The maximum Gasteiger partial charge on any atom is 0.252 e. The summed E-state index contributed by atoms with van der Waals surface area (Å²) in [6.45, 7) is 17.3. The molecule has 0 amide bonds. The van der Waals surface area contributed by atoms with Crippen molar-refractivity contribution in [1.82, 2.24) is 0 Å². The molecule has 0 radical (unpaired) electrons. The van der Waals surface area contributed by atoms with Gasteiger partial charge in [0.15, 0.2) is 0 Å². The van der Waals surface area contributed by atoms with Crippen molar-refractivity contribution < 1.29 is 4.11 Å². The molecule has 318 valence electrons. The average Bonchev–Trinajstić information content (AvgIpc) is 3.67. The lowest BCUT2D eigenvalue weighted by atomic mass is 9.33. The zero-order valence-corrected chi connectivity index (χ0v) is 39.2. The number of fused-ring (bicyclic) bond motifs is 9. The van der Waals surface area contributed by atoms with E-state index in [4.69, 9.17) is 4.11 Å². The minimum Gasteiger partial charge on any atom is -0.356 e. The van der Waals surface area contributed by atoms with Crippen LogP contribution in [0.2, 0.25) is 0 Å². The highest BCUT2D eigenvalue weighted by Gasteiger charge is 2.47. The van der Waals surface area contributed by atoms with Gasteiger partial charge in [-0.15, -0.1) is 11.3 Å². The van der Waals surface area contributed by atoms with Crippen LogP contribution in [0.5, 0.6) is 0 Å². The van der Waals surface area contributed by atoms with Gasteiger partial charge in [0.25, 0.3) is 6.71 Å². The summed E-state index contributed by atoms with van der Waals surface area (Å²) in [5.74, 6) is 0. The number of aryl methyl sites for hydroxylation is 1. The number of para-hydroxylation sites is 1. The second-order valence-electron chi connectivity index (χ2n) is 21.8. The van der Waals surface area contributed by atoms with Crippen molar-refractivity contribution in [1.29, 1.82) is 0 Å². The van der Waals surface area contributed by atoms with Crippen molar-refractivity contribution in [2.45, 2.75) is 110 Å². The van der Waals surface area contributed by atoms with Crippen LogP contribution in [0.15, 0.2) is 133 Å². The number of hydrogen-bond donors (Lipinski definition) is 1. The van der Waals surface area contributed by atoms with Gasteiger partial charge in [0, 0.05) is 64.1 Å². The molecule has 0 unspecified atom stereocenters. The fraction of sp³-hybridized carbons (Fsp3) is 0.288. The molecule has 1 N–H and O–H groups in total. The van der Waals surface area contributed by atoms with E-state index in [1.165, 1.54) is 70.2 Å². The van der Waals surface area contributed by atoms with Gasteiger partial charge >= 0.3 is 0 Å². The topological polar surface area (TPSA) is 18.5 Å². The van der Waals surface area contributed by atoms with Crippen LogP contribution in [0.25, 0.3) is 20.2 Å². The van der Waals surface area contributed by atoms with E-state index in [2.05, 4.69) is 180 Å². The van der Waals surface area contributed by atoms with Crippen molar-refractivity contribution in [3.05, 3.63) is 161 Å². The van der Waals surface area contributed by atoms with E-state index in [0.29, 0.717) is 5.56 Å². The molecule has 3 nitrogen and oxygen atoms in total. The molecule has 4 aliphatic rings. The van der Waals surface area contributed by atoms with E-state index in [0.717, 1.165) is 59.8 Å². The molecule has 0 atom stereocenters. The van der Waals surface area contributed by atoms with Gasteiger partial charge in [-0.05, 0) is 166 Å². The highest BCUT2D eigenvalue weighted by atomic mass is 32.1. The first-order valence-electron chi connectivity index (χ1n) is 24.8. The Hall–Kier alpha value is -5.78. The molecule has 0 spiro atoms. The van der Waals surface area contributed by atoms with Gasteiger partial charge in [-0.25, -0.2) is 0 Å². The fourth-order valence-electron chi connectivity index (χ4n) is 11.9. The van der Waals surface area contributed by atoms with E-state index in [1.54, 1.807) is 12.1 Å². The zero-order valence-electron chi connectivity index (χ0n) is 41.4. The summed E-state index contributed by atoms with van der Waals surface area (Å²) >= 11 is 1.86. The molecule has 0 fully saturated rings. The molecular weight excluding hydrogens is 794 g/mol. The monoisotopic (exact) mass is 854 g/mol. The van der Waals surface area contributed by atoms with Crippen molar-refractivity contribution in [3.8, 4) is 0 Å². The SMILES string of the molecule is [2H]C([2H])([2H])c1ccc(N(c2ccccc2)c2cc3c4c(c2)N(c2ccc5sc6ccccc6c5c2)c2cc5c(cc2B4c2cc4c(cc2N3)C(C)(C)CCC4(C)C)C(C)(C)CCC5(C)C)cc1. The first kappa shape index (κ1) is 36.6. The van der Waals surface area contributed by atoms with Gasteiger partial charge in [0.05, 0.1) is 5.69 Å². The number of hydrogen-bond acceptors (Lipinski definition) is 4. The van der Waals surface area contributed by atoms with Gasteiger partial charge < -0.3 is 15.1 Å². The van der Waals surface area contributed by atoms with E-state index >= 15 is 0 Å². The molecule has 5 heteroatoms. The lowest BCUT2D eigenvalue weighted by molar-refractivity contribution is 0.332. The summed E-state index contributed by atoms with van der Waals surface area (Å²) in [5.41, 5.74) is 18.9. The maximum absolute atomic E-state index is 8.18. The largest absolute Gasteiger partial charge is 0.356 e. The van der Waals surface area contributed by atoms with Gasteiger partial charge in [-0.3, -0.25) is 0 Å². The molecule has 12 rings (SSSR count). The van der Waals surface area contributed by atoms with Crippen molar-refractivity contribution >= 4 is 100 Å². The molecule has 2 aliphatic heterocycles. The molecule has 0 saturated carbocycles. The highest BCUT2D eigenvalue weighted by Crippen LogP contribution is 2.52. The van der Waals surface area contributed by atoms with Crippen LogP contribution in [-0.2, 0) is 21.7 Å². The van der Waals surface area contributed by atoms with Crippen molar-refractivity contribution in [3.63, 3.8) is 0 Å². The Kier molecular flexibility index (Phi) is 7.78. The molecule has 2 aliphatic carbocycles. The van der Waals surface area contributed by atoms with Gasteiger partial charge in [-0.1, -0.05) is 122 Å². The van der Waals surface area contributed by atoms with Crippen LogP contribution in [-0.4, -0.2) is 6.71 Å². The third-order valence-corrected chi connectivity index (χ3v) is 17.0. The standard InChI is InChI=1S/C59H58BN3S/c1-36-19-21-38(22-20-36)62(37-15-11-10-12-16-37)40-30-50-55-52(31-40)63(39-23-24-54-42(29-39)41-17-13-14-18-53(41)64-54)51-35-46-44(57(4,5)26-28-59(46,8)9)33-48(51)60(55)47-32-43-45(34-49(47)61-50)58(6,7)27-25-56(43,2)3/h10-24,29-35,61H,25-28H2,1-9H3/i1D3. The Bertz CT molecular complexity index is 3350. The smallest absolute Gasteiger partial charge is 0.252 e. The summed E-state index contributed by atoms with van der Waals surface area (Å²) in [7, 11) is 0. The average molecular weight is 855 g/mol. The van der Waals surface area contributed by atoms with Crippen LogP contribution in [0.1, 0.15) is 113 Å². The second kappa shape index (κ2) is 13.6. The fourth-order valence-corrected chi connectivity index (χ4v) is 13.0. The summed E-state index contributed by atoms with van der Waals surface area (Å²) in [6, 6.07) is 48.9. The Labute approximate surface area is 388 Å². The van der Waals surface area contributed by atoms with E-state index < -0.39 is 6.85 Å². The number of nitrogens with zero attached hydrogens (tertiary/aromatic N) is 2. The van der Waals surface area contributed by atoms with E-state index in [1.807, 2.05) is 23.5 Å². The summed E-state index contributed by atoms with van der Waals surface area (Å²) in [5, 5.41) is 6.69. The third kappa shape index (κ3) is 5.92. The van der Waals surface area contributed by atoms with Crippen molar-refractivity contribution in [2.24, 2.45) is 0 Å². The van der Waals surface area contributed by atoms with E-state index in [9.17, 15) is 0 Å². The molecule has 7 aromatic carbocycles. The lowest BCUT2D eigenvalue weighted by Crippen LogP contribution is -2.61. The van der Waals surface area contributed by atoms with Gasteiger partial charge in [-0.2, -0.15) is 0 Å². The zero-order chi connectivity index (χ0) is 46.6. The van der Waals surface area contributed by atoms with Crippen LogP contribution in [0.3, 0.4) is 0 Å². The third-order valence-electron chi connectivity index (χ3n) is 15.8. The minimum atomic E-state index is -2.20. The lowest BCUT2D eigenvalue weighted by Gasteiger charge is -2.47. The molecule has 64 heavy (non-hydrogen) atoms. The summed E-state index contributed by atoms with van der Waals surface area (Å²) < 4.78 is 27.1. The van der Waals surface area contributed by atoms with Gasteiger partial charge in [0.2, 0.25) is 0 Å². The molecule has 0 saturated heterocycles. The molecule has 0 bridgehead atoms. The normalized spacial score (nSPS) is 19.0. The Morgan fingerprint density at radius 1 is 0.531 bits per heavy atom. The minimum absolute atomic E-state index is 0.00192. The Morgan fingerprint density at radius 3 is 1.81 bits per heavy atom. The number of anilines is 8. The van der Waals surface area contributed by atoms with Crippen LogP contribution in [0, 0.1) is 6.85 Å². The first-order chi connectivity index (χ1) is 31.8.